The van der Waals surface area contributed by atoms with Gasteiger partial charge in [-0.15, -0.1) is 0 Å². The van der Waals surface area contributed by atoms with Crippen LogP contribution >= 0.6 is 0 Å². The maximum Gasteiger partial charge on any atom is 0.337 e. The first-order chi connectivity index (χ1) is 20.9. The number of carboxylic acid groups (broad SMARTS) is 1. The van der Waals surface area contributed by atoms with Crippen LogP contribution in [0.15, 0.2) is 53.1 Å². The van der Waals surface area contributed by atoms with Crippen LogP contribution in [0.4, 0.5) is 17.3 Å². The number of nitrogens with one attached hydrogen (secondary N) is 1. The fourth-order valence-corrected chi connectivity index (χ4v) is 5.23. The third kappa shape index (κ3) is 7.12. The van der Waals surface area contributed by atoms with E-state index in [2.05, 4.69) is 27.0 Å². The normalized spacial score (nSPS) is 13.7. The smallest absolute Gasteiger partial charge is 0.337 e. The number of anilines is 3. The number of aromatic carboxylic acids is 1. The lowest BCUT2D eigenvalue weighted by Gasteiger charge is -2.36. The van der Waals surface area contributed by atoms with Gasteiger partial charge in [-0.25, -0.2) is 19.7 Å². The van der Waals surface area contributed by atoms with Crippen molar-refractivity contribution in [2.45, 2.75) is 26.7 Å². The molecule has 0 atom stereocenters. The number of oxazole rings is 1. The molecular formula is C32H38N6O5. The first kappa shape index (κ1) is 30.0. The summed E-state index contributed by atoms with van der Waals surface area (Å²) in [4.78, 5) is 30.6. The summed E-state index contributed by atoms with van der Waals surface area (Å²) in [7, 11) is 3.34. The number of nitrogens with zero attached hydrogens (tertiary/aromatic N) is 5. The SMILES string of the molecule is CCCc1nc(-c2cc(C)cc(OC)c2)c(-c2ccnc(Nc3ccc(N4CCN(CCOC)CC4)c(C(=O)O)c3)n2)o1. The van der Waals surface area contributed by atoms with Gasteiger partial charge in [0.25, 0.3) is 0 Å². The Hall–Kier alpha value is -4.48. The molecule has 2 N–H and O–H groups in total. The van der Waals surface area contributed by atoms with E-state index in [4.69, 9.17) is 23.9 Å². The molecule has 0 amide bonds. The topological polar surface area (TPSA) is 126 Å². The van der Waals surface area contributed by atoms with Crippen LogP contribution in [0.5, 0.6) is 5.75 Å². The Balaban J connectivity index is 1.40. The minimum atomic E-state index is -0.988. The Morgan fingerprint density at radius 3 is 2.60 bits per heavy atom. The van der Waals surface area contributed by atoms with Gasteiger partial charge in [-0.2, -0.15) is 0 Å². The van der Waals surface area contributed by atoms with Crippen molar-refractivity contribution in [2.75, 3.05) is 63.8 Å². The monoisotopic (exact) mass is 586 g/mol. The van der Waals surface area contributed by atoms with Gasteiger partial charge in [0.2, 0.25) is 5.95 Å². The van der Waals surface area contributed by atoms with Crippen molar-refractivity contribution in [3.05, 3.63) is 65.7 Å². The number of methoxy groups -OCH3 is 2. The fraction of sp³-hybridized carbons (Fsp3) is 0.375. The first-order valence-corrected chi connectivity index (χ1v) is 14.5. The second-order valence-electron chi connectivity index (χ2n) is 10.5. The number of carboxylic acids is 1. The lowest BCUT2D eigenvalue weighted by molar-refractivity contribution is 0.0697. The fourth-order valence-electron chi connectivity index (χ4n) is 5.23. The molecule has 1 saturated heterocycles. The maximum atomic E-state index is 12.3. The number of rotatable bonds is 12. The molecule has 0 unspecified atom stereocenters. The minimum absolute atomic E-state index is 0.224. The summed E-state index contributed by atoms with van der Waals surface area (Å²) >= 11 is 0. The molecule has 3 heterocycles. The average Bonchev–Trinajstić information content (AvgIpc) is 3.44. The summed E-state index contributed by atoms with van der Waals surface area (Å²) in [5.41, 5.74) is 4.64. The number of aryl methyl sites for hydroxylation is 2. The highest BCUT2D eigenvalue weighted by atomic mass is 16.5. The van der Waals surface area contributed by atoms with E-state index >= 15 is 0 Å². The van der Waals surface area contributed by atoms with Crippen LogP contribution < -0.4 is 15.0 Å². The van der Waals surface area contributed by atoms with Crippen molar-refractivity contribution in [3.8, 4) is 28.5 Å². The van der Waals surface area contributed by atoms with Gasteiger partial charge in [0, 0.05) is 63.7 Å². The highest BCUT2D eigenvalue weighted by molar-refractivity contribution is 5.96. The second-order valence-corrected chi connectivity index (χ2v) is 10.5. The van der Waals surface area contributed by atoms with Crippen molar-refractivity contribution in [1.82, 2.24) is 19.9 Å². The zero-order valence-corrected chi connectivity index (χ0v) is 25.1. The molecule has 2 aromatic carbocycles. The zero-order chi connectivity index (χ0) is 30.3. The van der Waals surface area contributed by atoms with Crippen LogP contribution in [0.2, 0.25) is 0 Å². The largest absolute Gasteiger partial charge is 0.497 e. The number of benzene rings is 2. The molecule has 0 bridgehead atoms. The van der Waals surface area contributed by atoms with E-state index in [1.807, 2.05) is 37.3 Å². The summed E-state index contributed by atoms with van der Waals surface area (Å²) in [6.45, 7) is 8.82. The quantitative estimate of drug-likeness (QED) is 0.225. The van der Waals surface area contributed by atoms with Gasteiger partial charge in [-0.05, 0) is 61.4 Å². The Labute approximate surface area is 251 Å². The lowest BCUT2D eigenvalue weighted by Crippen LogP contribution is -2.47. The summed E-state index contributed by atoms with van der Waals surface area (Å²) in [6, 6.07) is 13.0. The van der Waals surface area contributed by atoms with Gasteiger partial charge in [0.1, 0.15) is 17.1 Å². The van der Waals surface area contributed by atoms with Crippen LogP contribution in [0, 0.1) is 6.92 Å². The van der Waals surface area contributed by atoms with Gasteiger partial charge in [-0.1, -0.05) is 6.92 Å². The third-order valence-corrected chi connectivity index (χ3v) is 7.39. The number of hydrogen-bond donors (Lipinski definition) is 2. The summed E-state index contributed by atoms with van der Waals surface area (Å²) in [5.74, 6) is 1.22. The van der Waals surface area contributed by atoms with Crippen molar-refractivity contribution in [1.29, 1.82) is 0 Å². The lowest BCUT2D eigenvalue weighted by atomic mass is 10.1. The molecule has 43 heavy (non-hydrogen) atoms. The second kappa shape index (κ2) is 13.7. The standard InChI is InChI=1S/C32H38N6O5/c1-5-6-28-36-29(22-17-21(2)18-24(19-22)42-4)30(43-28)26-9-10-33-32(35-26)34-23-7-8-27(25(20-23)31(39)40)38-13-11-37(12-14-38)15-16-41-3/h7-10,17-20H,5-6,11-16H2,1-4H3,(H,39,40)(H,33,34,35). The van der Waals surface area contributed by atoms with E-state index in [-0.39, 0.29) is 5.56 Å². The van der Waals surface area contributed by atoms with Gasteiger partial charge in [0.05, 0.1) is 25.0 Å². The van der Waals surface area contributed by atoms with E-state index in [0.717, 1.165) is 56.0 Å². The van der Waals surface area contributed by atoms with E-state index in [1.165, 1.54) is 0 Å². The highest BCUT2D eigenvalue weighted by Crippen LogP contribution is 2.35. The number of carbonyl (C=O) groups is 1. The van der Waals surface area contributed by atoms with Crippen LogP contribution in [0.1, 0.15) is 35.2 Å². The molecule has 1 aliphatic heterocycles. The predicted molar refractivity (Wildman–Crippen MR) is 165 cm³/mol. The molecule has 0 spiro atoms. The molecule has 0 saturated carbocycles. The minimum Gasteiger partial charge on any atom is -0.497 e. The van der Waals surface area contributed by atoms with E-state index in [1.54, 1.807) is 32.5 Å². The molecule has 1 aliphatic rings. The summed E-state index contributed by atoms with van der Waals surface area (Å²) < 4.78 is 16.9. The molecule has 5 rings (SSSR count). The first-order valence-electron chi connectivity index (χ1n) is 14.5. The van der Waals surface area contributed by atoms with Crippen LogP contribution in [-0.4, -0.2) is 84.5 Å². The Bertz CT molecular complexity index is 1560. The van der Waals surface area contributed by atoms with E-state index < -0.39 is 5.97 Å². The van der Waals surface area contributed by atoms with E-state index in [0.29, 0.717) is 53.4 Å². The Morgan fingerprint density at radius 2 is 1.88 bits per heavy atom. The maximum absolute atomic E-state index is 12.3. The molecule has 2 aromatic heterocycles. The van der Waals surface area contributed by atoms with Crippen molar-refractivity contribution >= 4 is 23.3 Å². The van der Waals surface area contributed by atoms with E-state index in [9.17, 15) is 9.90 Å². The average molecular weight is 587 g/mol. The van der Waals surface area contributed by atoms with Gasteiger partial charge in [0.15, 0.2) is 11.7 Å². The van der Waals surface area contributed by atoms with Gasteiger partial charge >= 0.3 is 5.97 Å². The Morgan fingerprint density at radius 1 is 1.07 bits per heavy atom. The number of aromatic nitrogens is 3. The molecule has 4 aromatic rings. The molecule has 1 fully saturated rings. The molecule has 0 aliphatic carbocycles. The van der Waals surface area contributed by atoms with Crippen molar-refractivity contribution < 1.29 is 23.8 Å². The van der Waals surface area contributed by atoms with Crippen LogP contribution in [0.3, 0.4) is 0 Å². The highest BCUT2D eigenvalue weighted by Gasteiger charge is 2.23. The number of hydrogen-bond acceptors (Lipinski definition) is 10. The molecule has 226 valence electrons. The summed E-state index contributed by atoms with van der Waals surface area (Å²) in [6.07, 6.45) is 3.22. The number of piperazine rings is 1. The molecular weight excluding hydrogens is 548 g/mol. The van der Waals surface area contributed by atoms with Crippen molar-refractivity contribution in [3.63, 3.8) is 0 Å². The predicted octanol–water partition coefficient (Wildman–Crippen LogP) is 5.28. The third-order valence-electron chi connectivity index (χ3n) is 7.39. The van der Waals surface area contributed by atoms with Gasteiger partial charge in [-0.3, -0.25) is 4.90 Å². The zero-order valence-electron chi connectivity index (χ0n) is 25.1. The number of ether oxygens (including phenoxy) is 2. The Kier molecular flexibility index (Phi) is 9.53. The van der Waals surface area contributed by atoms with Gasteiger partial charge < -0.3 is 29.2 Å². The molecule has 0 radical (unpaired) electrons. The van der Waals surface area contributed by atoms with Crippen LogP contribution in [-0.2, 0) is 11.2 Å². The molecule has 11 heteroatoms. The summed E-state index contributed by atoms with van der Waals surface area (Å²) in [5, 5.41) is 13.2. The van der Waals surface area contributed by atoms with Crippen LogP contribution in [0.25, 0.3) is 22.7 Å². The molecule has 11 nitrogen and oxygen atoms in total. The van der Waals surface area contributed by atoms with Crippen molar-refractivity contribution in [2.24, 2.45) is 0 Å².